The lowest BCUT2D eigenvalue weighted by Gasteiger charge is -2.17. The predicted molar refractivity (Wildman–Crippen MR) is 75.1 cm³/mol. The summed E-state index contributed by atoms with van der Waals surface area (Å²) in [6.07, 6.45) is 2.37. The molecule has 1 aromatic carbocycles. The van der Waals surface area contributed by atoms with Crippen molar-refractivity contribution in [2.75, 3.05) is 25.2 Å². The van der Waals surface area contributed by atoms with Gasteiger partial charge in [-0.2, -0.15) is 0 Å². The lowest BCUT2D eigenvalue weighted by atomic mass is 10.1. The number of benzene rings is 1. The number of nitrogens with one attached hydrogen (secondary N) is 1. The van der Waals surface area contributed by atoms with Crippen LogP contribution in [0.1, 0.15) is 24.4 Å². The second-order valence-electron chi connectivity index (χ2n) is 4.66. The van der Waals surface area contributed by atoms with Gasteiger partial charge in [-0.3, -0.25) is 4.21 Å². The maximum Gasteiger partial charge on any atom is 0.0691 e. The lowest BCUT2D eigenvalue weighted by molar-refractivity contribution is 0.128. The van der Waals surface area contributed by atoms with E-state index in [9.17, 15) is 4.21 Å². The molecule has 3 nitrogen and oxygen atoms in total. The van der Waals surface area contributed by atoms with Crippen LogP contribution in [0.15, 0.2) is 30.3 Å². The Kier molecular flexibility index (Phi) is 5.35. The highest BCUT2D eigenvalue weighted by atomic mass is 32.2. The monoisotopic (exact) mass is 267 g/mol. The van der Waals surface area contributed by atoms with Gasteiger partial charge in [-0.15, -0.1) is 0 Å². The molecule has 3 atom stereocenters. The van der Waals surface area contributed by atoms with Crippen LogP contribution in [-0.2, 0) is 15.5 Å². The number of hydrogen-bond donors (Lipinski definition) is 1. The summed E-state index contributed by atoms with van der Waals surface area (Å²) in [5.74, 6) is 1.32. The summed E-state index contributed by atoms with van der Waals surface area (Å²) in [6, 6.07) is 10.3. The quantitative estimate of drug-likeness (QED) is 0.855. The molecule has 0 aromatic heterocycles. The first-order valence-electron chi connectivity index (χ1n) is 6.48. The summed E-state index contributed by atoms with van der Waals surface area (Å²) in [5.41, 5.74) is 1.20. The van der Waals surface area contributed by atoms with Crippen LogP contribution in [-0.4, -0.2) is 35.5 Å². The van der Waals surface area contributed by atoms with Gasteiger partial charge < -0.3 is 10.1 Å². The minimum absolute atomic E-state index is 0.161. The normalized spacial score (nSPS) is 22.8. The van der Waals surface area contributed by atoms with Gasteiger partial charge >= 0.3 is 0 Å². The van der Waals surface area contributed by atoms with Gasteiger partial charge in [-0.1, -0.05) is 30.3 Å². The van der Waals surface area contributed by atoms with Crippen LogP contribution in [0.4, 0.5) is 0 Å². The molecule has 2 rings (SSSR count). The fourth-order valence-electron chi connectivity index (χ4n) is 2.27. The van der Waals surface area contributed by atoms with E-state index in [1.807, 2.05) is 25.2 Å². The largest absolute Gasteiger partial charge is 0.377 e. The third-order valence-corrected chi connectivity index (χ3v) is 4.75. The molecule has 0 bridgehead atoms. The van der Waals surface area contributed by atoms with Crippen molar-refractivity contribution in [3.05, 3.63) is 35.9 Å². The fourth-order valence-corrected chi connectivity index (χ4v) is 3.81. The average molecular weight is 267 g/mol. The summed E-state index contributed by atoms with van der Waals surface area (Å²) in [4.78, 5) is 0. The van der Waals surface area contributed by atoms with Crippen LogP contribution in [0.3, 0.4) is 0 Å². The third-order valence-electron chi connectivity index (χ3n) is 3.30. The molecule has 1 aliphatic heterocycles. The topological polar surface area (TPSA) is 38.3 Å². The van der Waals surface area contributed by atoms with Gasteiger partial charge in [0.25, 0.3) is 0 Å². The van der Waals surface area contributed by atoms with Crippen molar-refractivity contribution in [3.63, 3.8) is 0 Å². The molecule has 1 aromatic rings. The van der Waals surface area contributed by atoms with Crippen molar-refractivity contribution in [2.24, 2.45) is 0 Å². The summed E-state index contributed by atoms with van der Waals surface area (Å²) < 4.78 is 17.7. The Labute approximate surface area is 111 Å². The van der Waals surface area contributed by atoms with Crippen LogP contribution in [0, 0.1) is 0 Å². The van der Waals surface area contributed by atoms with Gasteiger partial charge in [0.2, 0.25) is 0 Å². The zero-order chi connectivity index (χ0) is 12.8. The van der Waals surface area contributed by atoms with Crippen LogP contribution in [0.5, 0.6) is 0 Å². The molecule has 1 saturated heterocycles. The molecule has 1 aliphatic rings. The Morgan fingerprint density at radius 2 is 2.22 bits per heavy atom. The Hall–Kier alpha value is -0.710. The van der Waals surface area contributed by atoms with E-state index in [0.717, 1.165) is 19.4 Å². The molecule has 1 heterocycles. The highest BCUT2D eigenvalue weighted by Gasteiger charge is 2.20. The zero-order valence-electron chi connectivity index (χ0n) is 10.8. The lowest BCUT2D eigenvalue weighted by Crippen LogP contribution is -2.26. The van der Waals surface area contributed by atoms with Gasteiger partial charge in [-0.05, 0) is 25.5 Å². The summed E-state index contributed by atoms with van der Waals surface area (Å²) in [5, 5.41) is 3.24. The van der Waals surface area contributed by atoms with Crippen molar-refractivity contribution in [3.8, 4) is 0 Å². The molecule has 3 unspecified atom stereocenters. The maximum absolute atomic E-state index is 12.1. The minimum Gasteiger partial charge on any atom is -0.377 e. The Morgan fingerprint density at radius 1 is 1.44 bits per heavy atom. The van der Waals surface area contributed by atoms with Crippen molar-refractivity contribution < 1.29 is 8.95 Å². The molecule has 0 aliphatic carbocycles. The summed E-state index contributed by atoms with van der Waals surface area (Å²) in [6.45, 7) is 0.829. The van der Waals surface area contributed by atoms with Crippen LogP contribution in [0.2, 0.25) is 0 Å². The van der Waals surface area contributed by atoms with Gasteiger partial charge in [0.05, 0.1) is 6.10 Å². The van der Waals surface area contributed by atoms with Crippen molar-refractivity contribution in [1.29, 1.82) is 0 Å². The average Bonchev–Trinajstić information content (AvgIpc) is 2.90. The van der Waals surface area contributed by atoms with Crippen LogP contribution in [0.25, 0.3) is 0 Å². The van der Waals surface area contributed by atoms with Gasteiger partial charge in [0.15, 0.2) is 0 Å². The molecule has 18 heavy (non-hydrogen) atoms. The Balaban J connectivity index is 1.87. The van der Waals surface area contributed by atoms with Gasteiger partial charge in [0.1, 0.15) is 0 Å². The molecule has 1 fully saturated rings. The molecule has 0 radical (unpaired) electrons. The third kappa shape index (κ3) is 3.90. The van der Waals surface area contributed by atoms with Gasteiger partial charge in [0, 0.05) is 35.0 Å². The second kappa shape index (κ2) is 7.02. The first-order valence-corrected chi connectivity index (χ1v) is 7.97. The molecule has 0 amide bonds. The predicted octanol–water partition coefficient (Wildman–Crippen LogP) is 1.87. The highest BCUT2D eigenvalue weighted by Crippen LogP contribution is 2.17. The van der Waals surface area contributed by atoms with Crippen molar-refractivity contribution >= 4 is 10.8 Å². The molecule has 0 spiro atoms. The van der Waals surface area contributed by atoms with E-state index >= 15 is 0 Å². The summed E-state index contributed by atoms with van der Waals surface area (Å²) in [7, 11) is 1.09. The van der Waals surface area contributed by atoms with Gasteiger partial charge in [-0.25, -0.2) is 0 Å². The van der Waals surface area contributed by atoms with Crippen LogP contribution >= 0.6 is 0 Å². The Morgan fingerprint density at radius 3 is 2.83 bits per heavy atom. The van der Waals surface area contributed by atoms with E-state index < -0.39 is 10.8 Å². The molecular weight excluding hydrogens is 246 g/mol. The first kappa shape index (κ1) is 13.7. The van der Waals surface area contributed by atoms with E-state index in [4.69, 9.17) is 4.74 Å². The SMILES string of the molecule is CNC(CS(=O)CC1CCCO1)c1ccccc1. The van der Waals surface area contributed by atoms with E-state index in [1.165, 1.54) is 5.56 Å². The Bertz CT molecular complexity index is 377. The number of rotatable bonds is 6. The highest BCUT2D eigenvalue weighted by molar-refractivity contribution is 7.85. The fraction of sp³-hybridized carbons (Fsp3) is 0.571. The molecular formula is C14H21NO2S. The van der Waals surface area contributed by atoms with E-state index in [0.29, 0.717) is 11.5 Å². The molecule has 1 N–H and O–H groups in total. The molecule has 0 saturated carbocycles. The van der Waals surface area contributed by atoms with E-state index in [1.54, 1.807) is 0 Å². The van der Waals surface area contributed by atoms with Crippen LogP contribution < -0.4 is 5.32 Å². The first-order chi connectivity index (χ1) is 8.79. The number of ether oxygens (including phenoxy) is 1. The van der Waals surface area contributed by atoms with E-state index in [2.05, 4.69) is 17.4 Å². The standard InChI is InChI=1S/C14H21NO2S/c1-15-14(12-6-3-2-4-7-12)11-18(16)10-13-8-5-9-17-13/h2-4,6-7,13-15H,5,8-11H2,1H3. The zero-order valence-corrected chi connectivity index (χ0v) is 11.6. The second-order valence-corrected chi connectivity index (χ2v) is 6.21. The molecule has 4 heteroatoms. The molecule has 100 valence electrons. The number of hydrogen-bond acceptors (Lipinski definition) is 3. The smallest absolute Gasteiger partial charge is 0.0691 e. The van der Waals surface area contributed by atoms with E-state index in [-0.39, 0.29) is 12.1 Å². The minimum atomic E-state index is -0.828. The van der Waals surface area contributed by atoms with Crippen molar-refractivity contribution in [1.82, 2.24) is 5.32 Å². The maximum atomic E-state index is 12.1. The summed E-state index contributed by atoms with van der Waals surface area (Å²) >= 11 is 0. The van der Waals surface area contributed by atoms with Crippen molar-refractivity contribution in [2.45, 2.75) is 25.0 Å².